The molecule has 25 heavy (non-hydrogen) atoms. The summed E-state index contributed by atoms with van der Waals surface area (Å²) in [6.07, 6.45) is 6.79. The largest absolute Gasteiger partial charge is 0.485 e. The van der Waals surface area contributed by atoms with Gasteiger partial charge in [-0.1, -0.05) is 0 Å². The van der Waals surface area contributed by atoms with E-state index in [4.69, 9.17) is 9.15 Å². The van der Waals surface area contributed by atoms with Gasteiger partial charge in [0, 0.05) is 23.7 Å². The number of aromatic nitrogens is 2. The molecular weight excluding hydrogens is 318 g/mol. The van der Waals surface area contributed by atoms with E-state index in [1.807, 2.05) is 37.4 Å². The highest BCUT2D eigenvalue weighted by atomic mass is 16.5. The number of hydrogen-bond acceptors (Lipinski definition) is 4. The molecule has 128 valence electrons. The van der Waals surface area contributed by atoms with Gasteiger partial charge in [0.2, 0.25) is 0 Å². The van der Waals surface area contributed by atoms with Crippen molar-refractivity contribution in [2.24, 2.45) is 0 Å². The molecule has 0 bridgehead atoms. The van der Waals surface area contributed by atoms with Crippen LogP contribution in [-0.4, -0.2) is 33.0 Å². The second kappa shape index (κ2) is 6.47. The van der Waals surface area contributed by atoms with Crippen molar-refractivity contribution in [1.82, 2.24) is 14.5 Å². The van der Waals surface area contributed by atoms with E-state index in [0.717, 1.165) is 11.3 Å². The molecule has 3 aromatic rings. The molecule has 0 aliphatic carbocycles. The van der Waals surface area contributed by atoms with E-state index < -0.39 is 0 Å². The van der Waals surface area contributed by atoms with E-state index in [0.29, 0.717) is 31.1 Å². The zero-order valence-corrected chi connectivity index (χ0v) is 14.0. The number of ether oxygens (including phenoxy) is 1. The number of fused-ring (bicyclic) bond motifs is 1. The maximum Gasteiger partial charge on any atom is 0.290 e. The Morgan fingerprint density at radius 2 is 2.20 bits per heavy atom. The molecule has 0 saturated carbocycles. The first kappa shape index (κ1) is 15.5. The summed E-state index contributed by atoms with van der Waals surface area (Å²) in [7, 11) is 0. The Kier molecular flexibility index (Phi) is 4.01. The van der Waals surface area contributed by atoms with E-state index in [1.165, 1.54) is 0 Å². The average molecular weight is 337 g/mol. The topological polar surface area (TPSA) is 60.5 Å². The van der Waals surface area contributed by atoms with Gasteiger partial charge in [-0.05, 0) is 37.3 Å². The van der Waals surface area contributed by atoms with Crippen molar-refractivity contribution in [1.29, 1.82) is 0 Å². The van der Waals surface area contributed by atoms with Gasteiger partial charge in [-0.3, -0.25) is 9.78 Å². The molecular formula is C19H19N3O3. The third-order valence-corrected chi connectivity index (χ3v) is 4.38. The summed E-state index contributed by atoms with van der Waals surface area (Å²) in [5.41, 5.74) is 1.92. The van der Waals surface area contributed by atoms with E-state index >= 15 is 0 Å². The third kappa shape index (κ3) is 3.15. The lowest BCUT2D eigenvalue weighted by atomic mass is 10.2. The van der Waals surface area contributed by atoms with Crippen molar-refractivity contribution >= 4 is 5.91 Å². The Bertz CT molecular complexity index is 869. The van der Waals surface area contributed by atoms with Crippen LogP contribution in [0.15, 0.2) is 59.6 Å². The molecule has 0 N–H and O–H groups in total. The lowest BCUT2D eigenvalue weighted by molar-refractivity contribution is 0.0620. The first-order valence-corrected chi connectivity index (χ1v) is 8.25. The third-order valence-electron chi connectivity index (χ3n) is 4.38. The Labute approximate surface area is 145 Å². The first-order chi connectivity index (χ1) is 12.2. The van der Waals surface area contributed by atoms with Gasteiger partial charge >= 0.3 is 0 Å². The fourth-order valence-corrected chi connectivity index (χ4v) is 3.13. The van der Waals surface area contributed by atoms with Crippen LogP contribution in [0.25, 0.3) is 0 Å². The monoisotopic (exact) mass is 337 g/mol. The van der Waals surface area contributed by atoms with Gasteiger partial charge in [0.1, 0.15) is 11.9 Å². The molecule has 6 heteroatoms. The first-order valence-electron chi connectivity index (χ1n) is 8.25. The SMILES string of the molecule is Cc1ccoc1C(=O)N1Cc2cccn2CC(Oc2cccnc2)C1. The molecule has 0 aromatic carbocycles. The van der Waals surface area contributed by atoms with Gasteiger partial charge in [-0.15, -0.1) is 0 Å². The van der Waals surface area contributed by atoms with Crippen molar-refractivity contribution in [3.63, 3.8) is 0 Å². The van der Waals surface area contributed by atoms with E-state index in [-0.39, 0.29) is 12.0 Å². The zero-order valence-electron chi connectivity index (χ0n) is 14.0. The summed E-state index contributed by atoms with van der Waals surface area (Å²) in [5.74, 6) is 0.974. The zero-order chi connectivity index (χ0) is 17.2. The second-order valence-corrected chi connectivity index (χ2v) is 6.20. The molecule has 1 aliphatic heterocycles. The number of furan rings is 1. The fraction of sp³-hybridized carbons (Fsp3) is 0.263. The smallest absolute Gasteiger partial charge is 0.290 e. The molecule has 0 fully saturated rings. The van der Waals surface area contributed by atoms with E-state index in [1.54, 1.807) is 29.6 Å². The summed E-state index contributed by atoms with van der Waals surface area (Å²) in [5, 5.41) is 0. The lowest BCUT2D eigenvalue weighted by Gasteiger charge is -2.24. The summed E-state index contributed by atoms with van der Waals surface area (Å²) in [4.78, 5) is 18.8. The number of hydrogen-bond donors (Lipinski definition) is 0. The Balaban J connectivity index is 1.61. The van der Waals surface area contributed by atoms with Crippen LogP contribution in [0.5, 0.6) is 5.75 Å². The van der Waals surface area contributed by atoms with E-state index in [2.05, 4.69) is 9.55 Å². The van der Waals surface area contributed by atoms with Crippen molar-refractivity contribution < 1.29 is 13.9 Å². The molecule has 4 heterocycles. The molecule has 0 saturated heterocycles. The Hall–Kier alpha value is -3.02. The quantitative estimate of drug-likeness (QED) is 0.737. The highest BCUT2D eigenvalue weighted by Gasteiger charge is 2.28. The normalized spacial score (nSPS) is 17.0. The van der Waals surface area contributed by atoms with Crippen molar-refractivity contribution in [2.45, 2.75) is 26.1 Å². The van der Waals surface area contributed by atoms with Crippen LogP contribution in [0.1, 0.15) is 21.8 Å². The van der Waals surface area contributed by atoms with Crippen LogP contribution in [-0.2, 0) is 13.1 Å². The minimum Gasteiger partial charge on any atom is -0.485 e. The highest BCUT2D eigenvalue weighted by Crippen LogP contribution is 2.21. The van der Waals surface area contributed by atoms with Crippen molar-refractivity contribution in [3.05, 3.63) is 72.2 Å². The average Bonchev–Trinajstić information content (AvgIpc) is 3.20. The number of carbonyl (C=O) groups is 1. The number of nitrogens with zero attached hydrogens (tertiary/aromatic N) is 3. The van der Waals surface area contributed by atoms with Crippen molar-refractivity contribution in [2.75, 3.05) is 6.54 Å². The molecule has 1 unspecified atom stereocenters. The maximum absolute atomic E-state index is 12.9. The van der Waals surface area contributed by atoms with Crippen LogP contribution in [0.2, 0.25) is 0 Å². The molecule has 1 amide bonds. The molecule has 0 spiro atoms. The molecule has 1 atom stereocenters. The van der Waals surface area contributed by atoms with Gasteiger partial charge in [0.25, 0.3) is 5.91 Å². The molecule has 1 aliphatic rings. The summed E-state index contributed by atoms with van der Waals surface area (Å²) >= 11 is 0. The van der Waals surface area contributed by atoms with Gasteiger partial charge in [0.05, 0.1) is 32.1 Å². The second-order valence-electron chi connectivity index (χ2n) is 6.20. The molecule has 0 radical (unpaired) electrons. The lowest BCUT2D eigenvalue weighted by Crippen LogP contribution is -2.38. The van der Waals surface area contributed by atoms with Crippen LogP contribution in [0.3, 0.4) is 0 Å². The highest BCUT2D eigenvalue weighted by molar-refractivity contribution is 5.92. The molecule has 3 aromatic heterocycles. The minimum atomic E-state index is -0.169. The number of rotatable bonds is 3. The number of aryl methyl sites for hydroxylation is 1. The standard InChI is InChI=1S/C19H19N3O3/c1-14-6-9-24-18(14)19(23)22-11-15-4-3-8-21(15)12-17(13-22)25-16-5-2-7-20-10-16/h2-10,17H,11-13H2,1H3. The van der Waals surface area contributed by atoms with Gasteiger partial charge in [0.15, 0.2) is 5.76 Å². The van der Waals surface area contributed by atoms with E-state index in [9.17, 15) is 4.79 Å². The Morgan fingerprint density at radius 3 is 2.96 bits per heavy atom. The summed E-state index contributed by atoms with van der Waals surface area (Å²) < 4.78 is 13.6. The summed E-state index contributed by atoms with van der Waals surface area (Å²) in [6.45, 7) is 3.56. The minimum absolute atomic E-state index is 0.114. The maximum atomic E-state index is 12.9. The fourth-order valence-electron chi connectivity index (χ4n) is 3.13. The van der Waals surface area contributed by atoms with Gasteiger partial charge in [-0.25, -0.2) is 0 Å². The van der Waals surface area contributed by atoms with Crippen LogP contribution in [0.4, 0.5) is 0 Å². The van der Waals surface area contributed by atoms with Gasteiger partial charge in [-0.2, -0.15) is 0 Å². The van der Waals surface area contributed by atoms with Crippen LogP contribution in [0, 0.1) is 6.92 Å². The van der Waals surface area contributed by atoms with Gasteiger partial charge < -0.3 is 18.6 Å². The Morgan fingerprint density at radius 1 is 1.28 bits per heavy atom. The number of amides is 1. The van der Waals surface area contributed by atoms with Crippen molar-refractivity contribution in [3.8, 4) is 5.75 Å². The molecule has 4 rings (SSSR count). The predicted octanol–water partition coefficient (Wildman–Crippen LogP) is 2.89. The van der Waals surface area contributed by atoms with Crippen LogP contribution < -0.4 is 4.74 Å². The summed E-state index contributed by atoms with van der Waals surface area (Å²) in [6, 6.07) is 9.53. The van der Waals surface area contributed by atoms with Crippen LogP contribution >= 0.6 is 0 Å². The predicted molar refractivity (Wildman–Crippen MR) is 91.3 cm³/mol. The number of pyridine rings is 1. The molecule has 6 nitrogen and oxygen atoms in total. The number of carbonyl (C=O) groups excluding carboxylic acids is 1.